The maximum atomic E-state index is 6.03. The Bertz CT molecular complexity index is 316. The summed E-state index contributed by atoms with van der Waals surface area (Å²) in [6.07, 6.45) is 11.6. The lowest BCUT2D eigenvalue weighted by Crippen LogP contribution is -2.64. The van der Waals surface area contributed by atoms with Crippen molar-refractivity contribution in [1.82, 2.24) is 5.32 Å². The van der Waals surface area contributed by atoms with Crippen molar-refractivity contribution in [2.45, 2.75) is 88.7 Å². The van der Waals surface area contributed by atoms with Gasteiger partial charge in [-0.25, -0.2) is 0 Å². The SMILES string of the molecule is CCOC1CC(NC2CCC(SCC)C2)C12CCCC2. The average Bonchev–Trinajstić information content (AvgIpc) is 3.08. The molecule has 0 bridgehead atoms. The highest BCUT2D eigenvalue weighted by Gasteiger charge is 2.56. The molecule has 4 atom stereocenters. The summed E-state index contributed by atoms with van der Waals surface area (Å²) < 4.78 is 6.03. The van der Waals surface area contributed by atoms with Gasteiger partial charge in [0, 0.05) is 29.4 Å². The topological polar surface area (TPSA) is 21.3 Å². The molecule has 0 amide bonds. The summed E-state index contributed by atoms with van der Waals surface area (Å²) >= 11 is 2.16. The minimum absolute atomic E-state index is 0.506. The van der Waals surface area contributed by atoms with Crippen molar-refractivity contribution in [3.63, 3.8) is 0 Å². The third kappa shape index (κ3) is 2.78. The molecule has 1 spiro atoms. The first-order chi connectivity index (χ1) is 9.78. The monoisotopic (exact) mass is 297 g/mol. The number of hydrogen-bond donors (Lipinski definition) is 1. The summed E-state index contributed by atoms with van der Waals surface area (Å²) in [6, 6.07) is 1.53. The van der Waals surface area contributed by atoms with E-state index in [1.165, 1.54) is 57.1 Å². The predicted octanol–water partition coefficient (Wildman–Crippen LogP) is 3.99. The van der Waals surface area contributed by atoms with Crippen LogP contribution < -0.4 is 5.32 Å². The quantitative estimate of drug-likeness (QED) is 0.801. The van der Waals surface area contributed by atoms with E-state index in [0.717, 1.165) is 23.9 Å². The molecule has 0 aromatic carbocycles. The van der Waals surface area contributed by atoms with Crippen LogP contribution in [-0.4, -0.2) is 35.8 Å². The molecule has 4 unspecified atom stereocenters. The Balaban J connectivity index is 1.53. The van der Waals surface area contributed by atoms with E-state index in [9.17, 15) is 0 Å². The molecule has 0 aromatic heterocycles. The maximum absolute atomic E-state index is 6.03. The van der Waals surface area contributed by atoms with Crippen LogP contribution in [0.25, 0.3) is 0 Å². The van der Waals surface area contributed by atoms with E-state index in [-0.39, 0.29) is 0 Å². The van der Waals surface area contributed by atoms with E-state index in [1.54, 1.807) is 0 Å². The lowest BCUT2D eigenvalue weighted by molar-refractivity contribution is -0.132. The summed E-state index contributed by atoms with van der Waals surface area (Å²) in [5.74, 6) is 1.27. The van der Waals surface area contributed by atoms with Crippen molar-refractivity contribution in [3.05, 3.63) is 0 Å². The minimum atomic E-state index is 0.506. The fraction of sp³-hybridized carbons (Fsp3) is 1.00. The second-order valence-corrected chi connectivity index (χ2v) is 8.50. The largest absolute Gasteiger partial charge is 0.378 e. The summed E-state index contributed by atoms with van der Waals surface area (Å²) in [7, 11) is 0. The lowest BCUT2D eigenvalue weighted by atomic mass is 9.60. The first-order valence-corrected chi connectivity index (χ1v) is 9.82. The Morgan fingerprint density at radius 1 is 1.15 bits per heavy atom. The highest BCUT2D eigenvalue weighted by molar-refractivity contribution is 7.99. The normalized spacial score (nSPS) is 39.3. The number of hydrogen-bond acceptors (Lipinski definition) is 3. The van der Waals surface area contributed by atoms with E-state index in [1.807, 2.05) is 0 Å². The average molecular weight is 298 g/mol. The van der Waals surface area contributed by atoms with Crippen LogP contribution in [-0.2, 0) is 4.74 Å². The number of rotatable bonds is 6. The van der Waals surface area contributed by atoms with Gasteiger partial charge in [-0.2, -0.15) is 11.8 Å². The van der Waals surface area contributed by atoms with Crippen LogP contribution in [0.2, 0.25) is 0 Å². The summed E-state index contributed by atoms with van der Waals surface area (Å²) in [4.78, 5) is 0. The Morgan fingerprint density at radius 2 is 1.95 bits per heavy atom. The van der Waals surface area contributed by atoms with E-state index in [0.29, 0.717) is 11.5 Å². The van der Waals surface area contributed by atoms with Gasteiger partial charge in [-0.05, 0) is 51.2 Å². The van der Waals surface area contributed by atoms with Gasteiger partial charge in [-0.15, -0.1) is 0 Å². The van der Waals surface area contributed by atoms with Gasteiger partial charge in [0.15, 0.2) is 0 Å². The molecule has 3 saturated carbocycles. The predicted molar refractivity (Wildman–Crippen MR) is 87.4 cm³/mol. The van der Waals surface area contributed by atoms with Gasteiger partial charge in [0.25, 0.3) is 0 Å². The second-order valence-electron chi connectivity index (χ2n) is 6.93. The number of ether oxygens (including phenoxy) is 1. The van der Waals surface area contributed by atoms with Crippen LogP contribution in [0.1, 0.15) is 65.2 Å². The van der Waals surface area contributed by atoms with Crippen molar-refractivity contribution in [2.24, 2.45) is 5.41 Å². The van der Waals surface area contributed by atoms with Gasteiger partial charge in [-0.1, -0.05) is 19.8 Å². The van der Waals surface area contributed by atoms with Crippen LogP contribution in [0.5, 0.6) is 0 Å². The van der Waals surface area contributed by atoms with Crippen LogP contribution in [0.15, 0.2) is 0 Å². The zero-order valence-electron chi connectivity index (χ0n) is 13.2. The highest BCUT2D eigenvalue weighted by Crippen LogP contribution is 2.55. The highest BCUT2D eigenvalue weighted by atomic mass is 32.2. The maximum Gasteiger partial charge on any atom is 0.0661 e. The zero-order chi connectivity index (χ0) is 14.0. The molecule has 1 N–H and O–H groups in total. The molecule has 0 saturated heterocycles. The third-order valence-electron chi connectivity index (χ3n) is 5.91. The van der Waals surface area contributed by atoms with E-state index in [4.69, 9.17) is 4.74 Å². The van der Waals surface area contributed by atoms with Crippen molar-refractivity contribution in [1.29, 1.82) is 0 Å². The molecule has 0 aromatic rings. The van der Waals surface area contributed by atoms with E-state index < -0.39 is 0 Å². The fourth-order valence-electron chi connectivity index (χ4n) is 4.88. The molecular formula is C17H31NOS. The van der Waals surface area contributed by atoms with Gasteiger partial charge in [0.05, 0.1) is 6.10 Å². The van der Waals surface area contributed by atoms with Crippen LogP contribution in [0, 0.1) is 5.41 Å². The Hall–Kier alpha value is 0.270. The fourth-order valence-corrected chi connectivity index (χ4v) is 6.03. The van der Waals surface area contributed by atoms with Crippen molar-refractivity contribution >= 4 is 11.8 Å². The van der Waals surface area contributed by atoms with Crippen LogP contribution in [0.4, 0.5) is 0 Å². The molecule has 0 heterocycles. The molecule has 3 rings (SSSR count). The van der Waals surface area contributed by atoms with Gasteiger partial charge in [0.2, 0.25) is 0 Å². The molecule has 0 radical (unpaired) electrons. The molecule has 0 aliphatic heterocycles. The molecule has 3 fully saturated rings. The smallest absolute Gasteiger partial charge is 0.0661 e. The zero-order valence-corrected chi connectivity index (χ0v) is 14.0. The van der Waals surface area contributed by atoms with Gasteiger partial charge >= 0.3 is 0 Å². The Labute approximate surface area is 128 Å². The standard InChI is InChI=1S/C17H31NOS/c1-3-19-16-12-15(17(16)9-5-6-10-17)18-13-7-8-14(11-13)20-4-2/h13-16,18H,3-12H2,1-2H3. The number of thioether (sulfide) groups is 1. The molecule has 3 aliphatic carbocycles. The van der Waals surface area contributed by atoms with Crippen LogP contribution >= 0.6 is 11.8 Å². The second kappa shape index (κ2) is 6.58. The summed E-state index contributed by atoms with van der Waals surface area (Å²) in [5, 5.41) is 4.95. The van der Waals surface area contributed by atoms with Gasteiger partial charge < -0.3 is 10.1 Å². The van der Waals surface area contributed by atoms with Crippen LogP contribution in [0.3, 0.4) is 0 Å². The van der Waals surface area contributed by atoms with E-state index >= 15 is 0 Å². The van der Waals surface area contributed by atoms with Crippen molar-refractivity contribution < 1.29 is 4.74 Å². The molecule has 20 heavy (non-hydrogen) atoms. The molecule has 3 heteroatoms. The van der Waals surface area contributed by atoms with Gasteiger partial charge in [0.1, 0.15) is 0 Å². The summed E-state index contributed by atoms with van der Waals surface area (Å²) in [5.41, 5.74) is 0.506. The molecular weight excluding hydrogens is 266 g/mol. The Kier molecular flexibility index (Phi) is 4.99. The minimum Gasteiger partial charge on any atom is -0.378 e. The van der Waals surface area contributed by atoms with Gasteiger partial charge in [-0.3, -0.25) is 0 Å². The van der Waals surface area contributed by atoms with Crippen molar-refractivity contribution in [2.75, 3.05) is 12.4 Å². The third-order valence-corrected chi connectivity index (χ3v) is 7.14. The molecule has 2 nitrogen and oxygen atoms in total. The lowest BCUT2D eigenvalue weighted by Gasteiger charge is -2.55. The van der Waals surface area contributed by atoms with E-state index in [2.05, 4.69) is 30.9 Å². The Morgan fingerprint density at radius 3 is 2.65 bits per heavy atom. The molecule has 3 aliphatic rings. The van der Waals surface area contributed by atoms with Crippen molar-refractivity contribution in [3.8, 4) is 0 Å². The summed E-state index contributed by atoms with van der Waals surface area (Å²) in [6.45, 7) is 5.32. The number of nitrogens with one attached hydrogen (secondary N) is 1. The first kappa shape index (κ1) is 15.2. The molecule has 116 valence electrons. The first-order valence-electron chi connectivity index (χ1n) is 8.77.